The average molecular weight is 504 g/mol. The van der Waals surface area contributed by atoms with E-state index in [2.05, 4.69) is 10.6 Å². The molecule has 0 unspecified atom stereocenters. The van der Waals surface area contributed by atoms with Gasteiger partial charge in [-0.3, -0.25) is 19.2 Å². The fraction of sp³-hybridized carbons (Fsp3) is 0.680. The number of rotatable bonds is 7. The van der Waals surface area contributed by atoms with Gasteiger partial charge in [-0.1, -0.05) is 38.2 Å². The Hall–Kier alpha value is -2.46. The first-order chi connectivity index (χ1) is 16.9. The van der Waals surface area contributed by atoms with Gasteiger partial charge >= 0.3 is 0 Å². The SMILES string of the molecule is NC(=O)[C@H](CC1CCCCC1)NC(=O)[C@H]1CN(C(=O)C2CCNCC2)CCN1C(=O)c1cccs1. The molecule has 0 bridgehead atoms. The number of carbonyl (C=O) groups is 4. The zero-order valence-electron chi connectivity index (χ0n) is 20.2. The second-order valence-electron chi connectivity index (χ2n) is 10.0. The minimum absolute atomic E-state index is 0.0428. The third-order valence-electron chi connectivity index (χ3n) is 7.63. The number of nitrogens with one attached hydrogen (secondary N) is 2. The zero-order valence-corrected chi connectivity index (χ0v) is 21.1. The number of thiophene rings is 1. The van der Waals surface area contributed by atoms with E-state index in [1.807, 2.05) is 5.38 Å². The van der Waals surface area contributed by atoms with Crippen LogP contribution in [0.3, 0.4) is 0 Å². The standard InChI is InChI=1S/C25H37N5O4S/c26-22(31)19(15-17-5-2-1-3-6-17)28-23(32)20-16-29(24(33)18-8-10-27-11-9-18)12-13-30(20)25(34)21-7-4-14-35-21/h4,7,14,17-20,27H,1-3,5-6,8-13,15-16H2,(H2,26,31)(H,28,32)/t19-,20+/m0/s1. The van der Waals surface area contributed by atoms with Crippen molar-refractivity contribution in [2.24, 2.45) is 17.6 Å². The Balaban J connectivity index is 1.49. The van der Waals surface area contributed by atoms with Crippen LogP contribution in [0, 0.1) is 11.8 Å². The number of nitrogens with zero attached hydrogens (tertiary/aromatic N) is 2. The first-order valence-corrected chi connectivity index (χ1v) is 13.8. The predicted octanol–water partition coefficient (Wildman–Crippen LogP) is 1.34. The molecule has 2 atom stereocenters. The van der Waals surface area contributed by atoms with Crippen LogP contribution in [0.4, 0.5) is 0 Å². The Bertz CT molecular complexity index is 896. The van der Waals surface area contributed by atoms with E-state index in [-0.39, 0.29) is 30.8 Å². The van der Waals surface area contributed by atoms with Crippen LogP contribution >= 0.6 is 11.3 Å². The van der Waals surface area contributed by atoms with Crippen molar-refractivity contribution in [1.82, 2.24) is 20.4 Å². The van der Waals surface area contributed by atoms with Gasteiger partial charge in [0.1, 0.15) is 12.1 Å². The lowest BCUT2D eigenvalue weighted by molar-refractivity contribution is -0.142. The molecule has 4 rings (SSSR count). The van der Waals surface area contributed by atoms with Crippen LogP contribution in [0.1, 0.15) is 61.0 Å². The molecular formula is C25H37N5O4S. The van der Waals surface area contributed by atoms with Gasteiger partial charge in [-0.05, 0) is 49.7 Å². The Kier molecular flexibility index (Phi) is 8.78. The van der Waals surface area contributed by atoms with Crippen LogP contribution in [0.25, 0.3) is 0 Å². The third kappa shape index (κ3) is 6.41. The van der Waals surface area contributed by atoms with Crippen molar-refractivity contribution < 1.29 is 19.2 Å². The number of hydrogen-bond acceptors (Lipinski definition) is 6. The molecule has 35 heavy (non-hydrogen) atoms. The van der Waals surface area contributed by atoms with Gasteiger partial charge in [0.25, 0.3) is 5.91 Å². The lowest BCUT2D eigenvalue weighted by Crippen LogP contribution is -2.63. The molecule has 9 nitrogen and oxygen atoms in total. The highest BCUT2D eigenvalue weighted by Crippen LogP contribution is 2.28. The molecule has 2 aliphatic heterocycles. The van der Waals surface area contributed by atoms with Gasteiger partial charge in [-0.25, -0.2) is 0 Å². The number of hydrogen-bond donors (Lipinski definition) is 3. The molecule has 2 saturated heterocycles. The minimum atomic E-state index is -0.864. The highest BCUT2D eigenvalue weighted by molar-refractivity contribution is 7.12. The van der Waals surface area contributed by atoms with E-state index in [0.29, 0.717) is 23.8 Å². The number of piperidine rings is 1. The molecule has 1 aliphatic carbocycles. The van der Waals surface area contributed by atoms with Crippen molar-refractivity contribution in [2.45, 2.75) is 63.5 Å². The molecule has 4 amide bonds. The van der Waals surface area contributed by atoms with Crippen molar-refractivity contribution in [1.29, 1.82) is 0 Å². The van der Waals surface area contributed by atoms with Gasteiger partial charge in [0.2, 0.25) is 17.7 Å². The van der Waals surface area contributed by atoms with Crippen LogP contribution in [0.15, 0.2) is 17.5 Å². The Morgan fingerprint density at radius 1 is 1.09 bits per heavy atom. The first-order valence-electron chi connectivity index (χ1n) is 12.9. The Labute approximate surface area is 210 Å². The summed E-state index contributed by atoms with van der Waals surface area (Å²) in [5.41, 5.74) is 5.67. The number of amides is 4. The largest absolute Gasteiger partial charge is 0.368 e. The highest BCUT2D eigenvalue weighted by atomic mass is 32.1. The summed E-state index contributed by atoms with van der Waals surface area (Å²) >= 11 is 1.33. The van der Waals surface area contributed by atoms with Crippen LogP contribution in [-0.4, -0.2) is 78.2 Å². The van der Waals surface area contributed by atoms with E-state index in [0.717, 1.165) is 51.6 Å². The summed E-state index contributed by atoms with van der Waals surface area (Å²) in [5.74, 6) is -0.868. The van der Waals surface area contributed by atoms with Gasteiger partial charge in [-0.15, -0.1) is 11.3 Å². The lowest BCUT2D eigenvalue weighted by atomic mass is 9.84. The second-order valence-corrected chi connectivity index (χ2v) is 11.0. The number of nitrogens with two attached hydrogens (primary N) is 1. The monoisotopic (exact) mass is 503 g/mol. The predicted molar refractivity (Wildman–Crippen MR) is 134 cm³/mol. The van der Waals surface area contributed by atoms with E-state index < -0.39 is 23.9 Å². The van der Waals surface area contributed by atoms with Gasteiger partial charge in [0, 0.05) is 19.0 Å². The summed E-state index contributed by atoms with van der Waals surface area (Å²) in [6.07, 6.45) is 7.59. The molecule has 0 spiro atoms. The fourth-order valence-corrected chi connectivity index (χ4v) is 6.27. The normalized spacial score (nSPS) is 23.0. The summed E-state index contributed by atoms with van der Waals surface area (Å²) in [6.45, 7) is 2.40. The summed E-state index contributed by atoms with van der Waals surface area (Å²) in [4.78, 5) is 56.0. The van der Waals surface area contributed by atoms with E-state index in [1.165, 1.54) is 17.8 Å². The van der Waals surface area contributed by atoms with Gasteiger partial charge < -0.3 is 26.2 Å². The zero-order chi connectivity index (χ0) is 24.8. The molecule has 0 radical (unpaired) electrons. The molecule has 1 saturated carbocycles. The number of primary amides is 1. The number of piperazine rings is 1. The van der Waals surface area contributed by atoms with Crippen molar-refractivity contribution in [3.63, 3.8) is 0 Å². The van der Waals surface area contributed by atoms with Crippen LogP contribution in [0.5, 0.6) is 0 Å². The molecule has 1 aromatic heterocycles. The summed E-state index contributed by atoms with van der Waals surface area (Å²) in [5, 5.41) is 7.95. The first kappa shape index (κ1) is 25.6. The Morgan fingerprint density at radius 2 is 1.83 bits per heavy atom. The molecular weight excluding hydrogens is 466 g/mol. The summed E-state index contributed by atoms with van der Waals surface area (Å²) < 4.78 is 0. The highest BCUT2D eigenvalue weighted by Gasteiger charge is 2.40. The quantitative estimate of drug-likeness (QED) is 0.518. The van der Waals surface area contributed by atoms with Gasteiger partial charge in [0.15, 0.2) is 0 Å². The molecule has 192 valence electrons. The van der Waals surface area contributed by atoms with E-state index in [9.17, 15) is 19.2 Å². The smallest absolute Gasteiger partial charge is 0.264 e. The lowest BCUT2D eigenvalue weighted by Gasteiger charge is -2.42. The van der Waals surface area contributed by atoms with Crippen molar-refractivity contribution in [2.75, 3.05) is 32.7 Å². The summed E-state index contributed by atoms with van der Waals surface area (Å²) in [7, 11) is 0. The van der Waals surface area contributed by atoms with E-state index >= 15 is 0 Å². The maximum atomic E-state index is 13.5. The maximum Gasteiger partial charge on any atom is 0.264 e. The minimum Gasteiger partial charge on any atom is -0.368 e. The van der Waals surface area contributed by atoms with Crippen LogP contribution in [0.2, 0.25) is 0 Å². The summed E-state index contributed by atoms with van der Waals surface area (Å²) in [6, 6.07) is 1.90. The van der Waals surface area contributed by atoms with E-state index in [4.69, 9.17) is 5.73 Å². The molecule has 1 aromatic rings. The van der Waals surface area contributed by atoms with Crippen molar-refractivity contribution in [3.05, 3.63) is 22.4 Å². The fourth-order valence-electron chi connectivity index (χ4n) is 5.59. The molecule has 3 aliphatic rings. The maximum absolute atomic E-state index is 13.5. The third-order valence-corrected chi connectivity index (χ3v) is 8.49. The van der Waals surface area contributed by atoms with Crippen LogP contribution in [-0.2, 0) is 14.4 Å². The molecule has 3 fully saturated rings. The van der Waals surface area contributed by atoms with Crippen molar-refractivity contribution in [3.8, 4) is 0 Å². The van der Waals surface area contributed by atoms with Crippen molar-refractivity contribution >= 4 is 35.0 Å². The number of carbonyl (C=O) groups excluding carboxylic acids is 4. The van der Waals surface area contributed by atoms with E-state index in [1.54, 1.807) is 21.9 Å². The second kappa shape index (κ2) is 12.0. The van der Waals surface area contributed by atoms with Gasteiger partial charge in [-0.2, -0.15) is 0 Å². The molecule has 0 aromatic carbocycles. The molecule has 4 N–H and O–H groups in total. The van der Waals surface area contributed by atoms with Gasteiger partial charge in [0.05, 0.1) is 11.4 Å². The van der Waals surface area contributed by atoms with Crippen LogP contribution < -0.4 is 16.4 Å². The Morgan fingerprint density at radius 3 is 2.49 bits per heavy atom. The molecule has 10 heteroatoms. The average Bonchev–Trinajstić information content (AvgIpc) is 3.43. The molecule has 3 heterocycles. The topological polar surface area (TPSA) is 125 Å².